The number of carbonyl (C=O) groups is 1. The third-order valence-corrected chi connectivity index (χ3v) is 9.26. The molecule has 0 saturated heterocycles. The predicted octanol–water partition coefficient (Wildman–Crippen LogP) is 8.96. The summed E-state index contributed by atoms with van der Waals surface area (Å²) in [4.78, 5) is 21.2. The lowest BCUT2D eigenvalue weighted by Gasteiger charge is -2.29. The van der Waals surface area contributed by atoms with Gasteiger partial charge in [0, 0.05) is 82.0 Å². The Hall–Kier alpha value is -3.55. The van der Waals surface area contributed by atoms with Crippen LogP contribution in [0.25, 0.3) is 38.3 Å². The number of hydrogen-bond donors (Lipinski definition) is 2. The van der Waals surface area contributed by atoms with Crippen molar-refractivity contribution in [1.82, 2.24) is 14.5 Å². The van der Waals surface area contributed by atoms with Crippen LogP contribution >= 0.6 is 31.9 Å². The van der Waals surface area contributed by atoms with Gasteiger partial charge in [0.15, 0.2) is 5.60 Å². The van der Waals surface area contributed by atoms with Gasteiger partial charge in [-0.25, -0.2) is 4.79 Å². The van der Waals surface area contributed by atoms with E-state index in [1.165, 1.54) is 0 Å². The second-order valence-corrected chi connectivity index (χ2v) is 12.4. The minimum absolute atomic E-state index is 0.328. The molecule has 0 spiro atoms. The number of esters is 1. The summed E-state index contributed by atoms with van der Waals surface area (Å²) in [6.45, 7) is 9.17. The Morgan fingerprint density at radius 2 is 1.48 bits per heavy atom. The molecule has 7 heteroatoms. The molecule has 0 fully saturated rings. The van der Waals surface area contributed by atoms with Crippen molar-refractivity contribution in [3.05, 3.63) is 109 Å². The fraction of sp³-hybridized carbons (Fsp3) is 0.182. The average Bonchev–Trinajstić information content (AvgIpc) is 3.61. The van der Waals surface area contributed by atoms with Crippen LogP contribution in [0.4, 0.5) is 0 Å². The molecule has 1 aliphatic heterocycles. The van der Waals surface area contributed by atoms with Gasteiger partial charge >= 0.3 is 5.97 Å². The molecule has 0 saturated carbocycles. The number of ether oxygens (including phenoxy) is 1. The van der Waals surface area contributed by atoms with Gasteiger partial charge in [0.25, 0.3) is 0 Å². The summed E-state index contributed by atoms with van der Waals surface area (Å²) in [7, 11) is 0. The highest BCUT2D eigenvalue weighted by atomic mass is 79.9. The van der Waals surface area contributed by atoms with E-state index in [1.807, 2.05) is 25.1 Å². The lowest BCUT2D eigenvalue weighted by molar-refractivity contribution is -0.142. The third kappa shape index (κ3) is 3.47. The second-order valence-electron chi connectivity index (χ2n) is 10.5. The summed E-state index contributed by atoms with van der Waals surface area (Å²) in [5.74, 6) is -0.328. The highest BCUT2D eigenvalue weighted by Gasteiger charge is 2.49. The summed E-state index contributed by atoms with van der Waals surface area (Å²) >= 11 is 7.20. The Balaban J connectivity index is 1.62. The minimum Gasteiger partial charge on any atom is -0.441 e. The van der Waals surface area contributed by atoms with Gasteiger partial charge in [-0.15, -0.1) is 0 Å². The molecule has 5 nitrogen and oxygen atoms in total. The first kappa shape index (κ1) is 25.4. The Morgan fingerprint density at radius 1 is 0.825 bits per heavy atom. The first-order valence-electron chi connectivity index (χ1n) is 13.3. The number of cyclic esters (lactones) is 1. The van der Waals surface area contributed by atoms with Crippen LogP contribution in [0, 0.1) is 20.8 Å². The van der Waals surface area contributed by atoms with Crippen LogP contribution in [0.3, 0.4) is 0 Å². The zero-order valence-corrected chi connectivity index (χ0v) is 25.7. The first-order valence-corrected chi connectivity index (χ1v) is 14.9. The molecular formula is C33H27Br2N3O2. The van der Waals surface area contributed by atoms with Crippen LogP contribution in [-0.4, -0.2) is 20.5 Å². The lowest BCUT2D eigenvalue weighted by atomic mass is 9.82. The molecule has 4 heterocycles. The van der Waals surface area contributed by atoms with Gasteiger partial charge < -0.3 is 19.3 Å². The molecule has 0 bridgehead atoms. The fourth-order valence-corrected chi connectivity index (χ4v) is 7.50. The molecule has 40 heavy (non-hydrogen) atoms. The predicted molar refractivity (Wildman–Crippen MR) is 169 cm³/mol. The number of halogens is 2. The number of fused-ring (bicyclic) bond motifs is 3. The van der Waals surface area contributed by atoms with Crippen molar-refractivity contribution in [2.24, 2.45) is 0 Å². The Kier molecular flexibility index (Phi) is 5.71. The molecule has 2 N–H and O–H groups in total. The van der Waals surface area contributed by atoms with E-state index in [0.29, 0.717) is 5.57 Å². The van der Waals surface area contributed by atoms with E-state index in [4.69, 9.17) is 4.74 Å². The van der Waals surface area contributed by atoms with Crippen LogP contribution in [-0.2, 0) is 21.7 Å². The van der Waals surface area contributed by atoms with Crippen molar-refractivity contribution >= 4 is 76.1 Å². The van der Waals surface area contributed by atoms with Gasteiger partial charge in [0.2, 0.25) is 0 Å². The van der Waals surface area contributed by atoms with Crippen molar-refractivity contribution in [2.75, 3.05) is 0 Å². The number of aromatic amines is 2. The highest BCUT2D eigenvalue weighted by Crippen LogP contribution is 2.52. The maximum Gasteiger partial charge on any atom is 0.340 e. The number of H-pyrrole nitrogens is 2. The van der Waals surface area contributed by atoms with Crippen LogP contribution in [0.15, 0.2) is 75.7 Å². The number of para-hydroxylation sites is 1. The smallest absolute Gasteiger partial charge is 0.340 e. The van der Waals surface area contributed by atoms with E-state index in [1.54, 1.807) is 0 Å². The molecular weight excluding hydrogens is 630 g/mol. The summed E-state index contributed by atoms with van der Waals surface area (Å²) in [6, 6.07) is 20.7. The molecule has 0 amide bonds. The standard InChI is InChI=1S/C33H27Br2N3O2/c1-5-38-19(4)31(24-8-6-7-9-28(24)38)33(30-18(3)37-27-15-21(35)11-13-23(27)30)16-25(32(39)40-33)29-17(2)36-26-14-20(34)10-12-22(26)29/h6-16,36-37H,5H2,1-4H3. The molecule has 1 aliphatic rings. The van der Waals surface area contributed by atoms with E-state index in [-0.39, 0.29) is 5.97 Å². The Bertz CT molecular complexity index is 2060. The quantitative estimate of drug-likeness (QED) is 0.186. The number of carbonyl (C=O) groups excluding carboxylic acids is 1. The summed E-state index contributed by atoms with van der Waals surface area (Å²) in [5.41, 5.74) is 8.35. The second kappa shape index (κ2) is 8.98. The number of nitrogens with zero attached hydrogens (tertiary/aromatic N) is 1. The Labute approximate surface area is 248 Å². The number of hydrogen-bond acceptors (Lipinski definition) is 2. The average molecular weight is 657 g/mol. The maximum absolute atomic E-state index is 14.1. The zero-order valence-electron chi connectivity index (χ0n) is 22.6. The molecule has 7 rings (SSSR count). The normalized spacial score (nSPS) is 17.4. The van der Waals surface area contributed by atoms with Crippen LogP contribution < -0.4 is 0 Å². The molecule has 1 unspecified atom stereocenters. The molecule has 3 aromatic carbocycles. The van der Waals surface area contributed by atoms with Crippen molar-refractivity contribution in [3.63, 3.8) is 0 Å². The van der Waals surface area contributed by atoms with E-state index in [9.17, 15) is 4.79 Å². The Morgan fingerprint density at radius 3 is 2.20 bits per heavy atom. The van der Waals surface area contributed by atoms with Crippen molar-refractivity contribution < 1.29 is 9.53 Å². The molecule has 3 aromatic heterocycles. The fourth-order valence-electron chi connectivity index (χ4n) is 6.78. The van der Waals surface area contributed by atoms with Crippen LogP contribution in [0.1, 0.15) is 40.7 Å². The summed E-state index contributed by atoms with van der Waals surface area (Å²) < 4.78 is 11.0. The zero-order chi connectivity index (χ0) is 27.9. The van der Waals surface area contributed by atoms with Gasteiger partial charge in [-0.3, -0.25) is 0 Å². The summed E-state index contributed by atoms with van der Waals surface area (Å²) in [6.07, 6.45) is 2.07. The van der Waals surface area contributed by atoms with E-state index in [2.05, 4.69) is 116 Å². The molecule has 200 valence electrons. The number of benzene rings is 3. The van der Waals surface area contributed by atoms with Gasteiger partial charge in [-0.2, -0.15) is 0 Å². The van der Waals surface area contributed by atoms with Crippen molar-refractivity contribution in [2.45, 2.75) is 39.8 Å². The largest absolute Gasteiger partial charge is 0.441 e. The van der Waals surface area contributed by atoms with E-state index >= 15 is 0 Å². The molecule has 1 atom stereocenters. The molecule has 6 aromatic rings. The van der Waals surface area contributed by atoms with Crippen molar-refractivity contribution in [3.8, 4) is 0 Å². The van der Waals surface area contributed by atoms with E-state index < -0.39 is 5.60 Å². The maximum atomic E-state index is 14.1. The third-order valence-electron chi connectivity index (χ3n) is 8.28. The van der Waals surface area contributed by atoms with Crippen LogP contribution in [0.5, 0.6) is 0 Å². The number of aromatic nitrogens is 3. The first-order chi connectivity index (χ1) is 19.2. The van der Waals surface area contributed by atoms with E-state index in [0.717, 1.165) is 82.0 Å². The number of nitrogens with one attached hydrogen (secondary N) is 2. The topological polar surface area (TPSA) is 62.8 Å². The highest BCUT2D eigenvalue weighted by molar-refractivity contribution is 9.10. The van der Waals surface area contributed by atoms with Gasteiger partial charge in [-0.05, 0) is 64.1 Å². The minimum atomic E-state index is -1.13. The number of rotatable bonds is 4. The van der Waals surface area contributed by atoms with Gasteiger partial charge in [0.1, 0.15) is 0 Å². The molecule has 0 aliphatic carbocycles. The number of aryl methyl sites for hydroxylation is 3. The van der Waals surface area contributed by atoms with Crippen molar-refractivity contribution in [1.29, 1.82) is 0 Å². The van der Waals surface area contributed by atoms with Gasteiger partial charge in [-0.1, -0.05) is 62.2 Å². The van der Waals surface area contributed by atoms with Gasteiger partial charge in [0.05, 0.1) is 5.57 Å². The van der Waals surface area contributed by atoms with Crippen LogP contribution in [0.2, 0.25) is 0 Å². The monoisotopic (exact) mass is 655 g/mol. The lowest BCUT2D eigenvalue weighted by Crippen LogP contribution is -2.29. The SMILES string of the molecule is CCn1c(C)c(C2(c3c(C)[nH]c4cc(Br)ccc34)C=C(c3c(C)[nH]c4cc(Br)ccc34)C(=O)O2)c2ccccc21. The molecule has 0 radical (unpaired) electrons. The summed E-state index contributed by atoms with van der Waals surface area (Å²) in [5, 5.41) is 3.10.